The summed E-state index contributed by atoms with van der Waals surface area (Å²) in [7, 11) is 1.63. The van der Waals surface area contributed by atoms with Gasteiger partial charge in [0.1, 0.15) is 10.2 Å². The number of methoxy groups -OCH3 is 1. The molecule has 3 aromatic heterocycles. The number of fused-ring (bicyclic) bond motifs is 2. The highest BCUT2D eigenvalue weighted by Gasteiger charge is 2.31. The van der Waals surface area contributed by atoms with Crippen LogP contribution in [0, 0.1) is 13.8 Å². The van der Waals surface area contributed by atoms with Crippen LogP contribution in [-0.4, -0.2) is 21.0 Å². The highest BCUT2D eigenvalue weighted by molar-refractivity contribution is 7.12. The first-order chi connectivity index (χ1) is 13.5. The van der Waals surface area contributed by atoms with Crippen molar-refractivity contribution in [2.45, 2.75) is 32.7 Å². The Labute approximate surface area is 164 Å². The summed E-state index contributed by atoms with van der Waals surface area (Å²) in [6.45, 7) is 3.94. The van der Waals surface area contributed by atoms with Crippen molar-refractivity contribution in [3.8, 4) is 16.9 Å². The van der Waals surface area contributed by atoms with Gasteiger partial charge in [-0.05, 0) is 56.4 Å². The first-order valence-electron chi connectivity index (χ1n) is 9.22. The molecule has 0 atom stereocenters. The minimum Gasteiger partial charge on any atom is -0.494 e. The Morgan fingerprint density at radius 3 is 2.57 bits per heavy atom. The van der Waals surface area contributed by atoms with E-state index in [4.69, 9.17) is 4.74 Å². The normalized spacial score (nSPS) is 14.1. The summed E-state index contributed by atoms with van der Waals surface area (Å²) >= 11 is 1.22. The first kappa shape index (κ1) is 17.2. The molecule has 142 valence electrons. The molecule has 4 aromatic rings. The number of ether oxygens (including phenoxy) is 1. The maximum atomic E-state index is 13.1. The van der Waals surface area contributed by atoms with Crippen LogP contribution < -0.4 is 15.7 Å². The Hall–Kier alpha value is -2.93. The second kappa shape index (κ2) is 6.04. The number of aromatic nitrogens is 3. The summed E-state index contributed by atoms with van der Waals surface area (Å²) < 4.78 is 10.7. The largest absolute Gasteiger partial charge is 0.494 e. The maximum Gasteiger partial charge on any atom is 0.271 e. The number of hydrogen-bond donors (Lipinski definition) is 1. The molecule has 0 unspecified atom stereocenters. The van der Waals surface area contributed by atoms with Crippen LogP contribution in [0.3, 0.4) is 0 Å². The predicted octanol–water partition coefficient (Wildman–Crippen LogP) is 3.93. The molecule has 0 radical (unpaired) electrons. The Morgan fingerprint density at radius 2 is 1.89 bits per heavy atom. The third kappa shape index (κ3) is 2.36. The summed E-state index contributed by atoms with van der Waals surface area (Å²) in [4.78, 5) is 30.6. The number of nitrogens with one attached hydrogen (secondary N) is 1. The Kier molecular flexibility index (Phi) is 3.71. The molecule has 7 heteroatoms. The molecule has 0 aliphatic heterocycles. The number of nitrogens with zero attached hydrogens (tertiary/aromatic N) is 2. The molecule has 0 amide bonds. The molecule has 1 aromatic carbocycles. The maximum absolute atomic E-state index is 13.1. The number of aromatic amines is 1. The van der Waals surface area contributed by atoms with Crippen molar-refractivity contribution in [1.29, 1.82) is 0 Å². The van der Waals surface area contributed by atoms with E-state index in [2.05, 4.69) is 13.9 Å². The van der Waals surface area contributed by atoms with Gasteiger partial charge in [-0.2, -0.15) is 0 Å². The lowest BCUT2D eigenvalue weighted by atomic mass is 9.99. The van der Waals surface area contributed by atoms with E-state index in [9.17, 15) is 9.59 Å². The SMILES string of the molecule is COc1c(-c2ccc(C)nc2C)ccc2c(=O)c3c(=O)[nH]sc3n(C3CC3)c12. The van der Waals surface area contributed by atoms with E-state index < -0.39 is 0 Å². The number of hydrogen-bond acceptors (Lipinski definition) is 5. The van der Waals surface area contributed by atoms with Crippen molar-refractivity contribution in [2.24, 2.45) is 0 Å². The minimum atomic E-state index is -0.317. The zero-order valence-corrected chi connectivity index (χ0v) is 16.6. The van der Waals surface area contributed by atoms with Gasteiger partial charge in [0.2, 0.25) is 5.43 Å². The minimum absolute atomic E-state index is 0.243. The number of aryl methyl sites for hydroxylation is 2. The molecule has 0 saturated heterocycles. The number of pyridine rings is 2. The van der Waals surface area contributed by atoms with Gasteiger partial charge in [-0.25, -0.2) is 0 Å². The average Bonchev–Trinajstić information content (AvgIpc) is 3.43. The van der Waals surface area contributed by atoms with Gasteiger partial charge in [-0.15, -0.1) is 0 Å². The number of rotatable bonds is 3. The predicted molar refractivity (Wildman–Crippen MR) is 112 cm³/mol. The average molecular weight is 393 g/mol. The molecular weight excluding hydrogens is 374 g/mol. The highest BCUT2D eigenvalue weighted by Crippen LogP contribution is 2.44. The van der Waals surface area contributed by atoms with E-state index in [1.807, 2.05) is 38.1 Å². The molecule has 1 N–H and O–H groups in total. The lowest BCUT2D eigenvalue weighted by Gasteiger charge is -2.18. The molecule has 0 bridgehead atoms. The van der Waals surface area contributed by atoms with Crippen molar-refractivity contribution in [3.05, 3.63) is 56.2 Å². The number of H-pyrrole nitrogens is 1. The zero-order valence-electron chi connectivity index (χ0n) is 15.8. The fourth-order valence-corrected chi connectivity index (χ4v) is 4.88. The highest BCUT2D eigenvalue weighted by atomic mass is 32.1. The lowest BCUT2D eigenvalue weighted by molar-refractivity contribution is 0.419. The molecule has 1 fully saturated rings. The van der Waals surface area contributed by atoms with E-state index >= 15 is 0 Å². The zero-order chi connectivity index (χ0) is 19.6. The fourth-order valence-electron chi connectivity index (χ4n) is 3.96. The van der Waals surface area contributed by atoms with Crippen molar-refractivity contribution in [1.82, 2.24) is 13.9 Å². The smallest absolute Gasteiger partial charge is 0.271 e. The van der Waals surface area contributed by atoms with Gasteiger partial charge in [0.05, 0.1) is 18.0 Å². The molecule has 1 aliphatic rings. The van der Waals surface area contributed by atoms with Crippen molar-refractivity contribution < 1.29 is 4.74 Å². The second-order valence-electron chi connectivity index (χ2n) is 7.27. The van der Waals surface area contributed by atoms with Crippen molar-refractivity contribution >= 4 is 32.7 Å². The van der Waals surface area contributed by atoms with Crippen LogP contribution in [0.4, 0.5) is 0 Å². The van der Waals surface area contributed by atoms with Crippen LogP contribution in [0.25, 0.3) is 32.2 Å². The summed E-state index contributed by atoms with van der Waals surface area (Å²) in [5, 5.41) is 0.758. The van der Waals surface area contributed by atoms with Gasteiger partial charge in [0, 0.05) is 28.6 Å². The fraction of sp³-hybridized carbons (Fsp3) is 0.286. The van der Waals surface area contributed by atoms with E-state index in [-0.39, 0.29) is 22.4 Å². The molecule has 1 saturated carbocycles. The van der Waals surface area contributed by atoms with Gasteiger partial charge >= 0.3 is 0 Å². The molecule has 6 nitrogen and oxygen atoms in total. The quantitative estimate of drug-likeness (QED) is 0.572. The standard InChI is InChI=1S/C21H19N3O3S/c1-10-4-7-13(11(2)22-10)14-8-9-15-17(19(14)27-3)24(12-5-6-12)21-16(18(15)25)20(26)23-28-21/h4,7-9,12H,5-6H2,1-3H3,(H,23,26). The van der Waals surface area contributed by atoms with Gasteiger partial charge in [0.15, 0.2) is 5.75 Å². The molecule has 3 heterocycles. The van der Waals surface area contributed by atoms with Gasteiger partial charge in [0.25, 0.3) is 5.56 Å². The van der Waals surface area contributed by atoms with E-state index in [1.54, 1.807) is 7.11 Å². The van der Waals surface area contributed by atoms with E-state index in [0.29, 0.717) is 16.0 Å². The number of benzene rings is 1. The van der Waals surface area contributed by atoms with Gasteiger partial charge < -0.3 is 9.30 Å². The van der Waals surface area contributed by atoms with Crippen LogP contribution in [0.2, 0.25) is 0 Å². The Bertz CT molecular complexity index is 1380. The van der Waals surface area contributed by atoms with E-state index in [1.165, 1.54) is 11.5 Å². The molecule has 1 aliphatic carbocycles. The molecular formula is C21H19N3O3S. The van der Waals surface area contributed by atoms with Crippen LogP contribution in [0.15, 0.2) is 33.9 Å². The Morgan fingerprint density at radius 1 is 1.14 bits per heavy atom. The van der Waals surface area contributed by atoms with Crippen LogP contribution >= 0.6 is 11.5 Å². The molecule has 28 heavy (non-hydrogen) atoms. The second-order valence-corrected chi connectivity index (χ2v) is 8.07. The van der Waals surface area contributed by atoms with Gasteiger partial charge in [-0.1, -0.05) is 6.07 Å². The van der Waals surface area contributed by atoms with Crippen LogP contribution in [-0.2, 0) is 0 Å². The lowest BCUT2D eigenvalue weighted by Crippen LogP contribution is -2.16. The molecule has 5 rings (SSSR count). The van der Waals surface area contributed by atoms with Crippen molar-refractivity contribution in [2.75, 3.05) is 7.11 Å². The monoisotopic (exact) mass is 393 g/mol. The van der Waals surface area contributed by atoms with Crippen LogP contribution in [0.1, 0.15) is 30.3 Å². The van der Waals surface area contributed by atoms with E-state index in [0.717, 1.165) is 40.9 Å². The third-order valence-electron chi connectivity index (χ3n) is 5.38. The van der Waals surface area contributed by atoms with Gasteiger partial charge in [-0.3, -0.25) is 18.9 Å². The summed E-state index contributed by atoms with van der Waals surface area (Å²) in [5.41, 5.74) is 3.93. The third-order valence-corrected chi connectivity index (χ3v) is 6.26. The summed E-state index contributed by atoms with van der Waals surface area (Å²) in [5.74, 6) is 0.651. The van der Waals surface area contributed by atoms with Crippen LogP contribution in [0.5, 0.6) is 5.75 Å². The topological polar surface area (TPSA) is 77.0 Å². The molecule has 0 spiro atoms. The van der Waals surface area contributed by atoms with Crippen molar-refractivity contribution in [3.63, 3.8) is 0 Å². The first-order valence-corrected chi connectivity index (χ1v) is 10.0. The summed E-state index contributed by atoms with van der Waals surface area (Å²) in [6, 6.07) is 7.99. The summed E-state index contributed by atoms with van der Waals surface area (Å²) in [6.07, 6.45) is 2.05. The Balaban J connectivity index is 1.97.